The van der Waals surface area contributed by atoms with Crippen LogP contribution < -0.4 is 5.32 Å². The third-order valence-electron chi connectivity index (χ3n) is 2.68. The third kappa shape index (κ3) is 4.08. The van der Waals surface area contributed by atoms with Gasteiger partial charge in [0, 0.05) is 26.7 Å². The van der Waals surface area contributed by atoms with Crippen LogP contribution in [0.15, 0.2) is 4.47 Å². The molecule has 0 aliphatic heterocycles. The number of ether oxygens (including phenoxy) is 1. The first-order valence-electron chi connectivity index (χ1n) is 6.12. The van der Waals surface area contributed by atoms with Crippen LogP contribution in [-0.2, 0) is 24.8 Å². The molecular formula is C12H22BrN3O. The van der Waals surface area contributed by atoms with Gasteiger partial charge in [-0.25, -0.2) is 0 Å². The lowest BCUT2D eigenvalue weighted by Crippen LogP contribution is -2.27. The van der Waals surface area contributed by atoms with Crippen LogP contribution in [0.4, 0.5) is 0 Å². The van der Waals surface area contributed by atoms with E-state index in [9.17, 15) is 0 Å². The van der Waals surface area contributed by atoms with E-state index in [1.807, 2.05) is 18.7 Å². The molecule has 0 saturated heterocycles. The van der Waals surface area contributed by atoms with Crippen LogP contribution in [0.2, 0.25) is 0 Å². The van der Waals surface area contributed by atoms with Crippen LogP contribution in [0, 0.1) is 0 Å². The molecule has 98 valence electrons. The van der Waals surface area contributed by atoms with Crippen molar-refractivity contribution in [2.75, 3.05) is 13.2 Å². The second-order valence-electron chi connectivity index (χ2n) is 4.08. The molecule has 5 heteroatoms. The van der Waals surface area contributed by atoms with Crippen LogP contribution in [-0.4, -0.2) is 29.0 Å². The third-order valence-corrected chi connectivity index (χ3v) is 3.59. The predicted molar refractivity (Wildman–Crippen MR) is 73.1 cm³/mol. The summed E-state index contributed by atoms with van der Waals surface area (Å²) in [5.74, 6) is 0. The molecule has 1 N–H and O–H groups in total. The molecule has 1 aromatic heterocycles. The van der Waals surface area contributed by atoms with E-state index in [0.29, 0.717) is 0 Å². The van der Waals surface area contributed by atoms with Gasteiger partial charge in [0.25, 0.3) is 0 Å². The van der Waals surface area contributed by atoms with Gasteiger partial charge in [-0.1, -0.05) is 6.92 Å². The van der Waals surface area contributed by atoms with Crippen molar-refractivity contribution in [3.05, 3.63) is 15.9 Å². The van der Waals surface area contributed by atoms with Gasteiger partial charge in [-0.15, -0.1) is 0 Å². The number of hydrogen-bond donors (Lipinski definition) is 1. The van der Waals surface area contributed by atoms with Crippen LogP contribution in [0.1, 0.15) is 32.2 Å². The Bertz CT molecular complexity index is 352. The molecule has 1 rings (SSSR count). The number of rotatable bonds is 7. The Morgan fingerprint density at radius 1 is 1.47 bits per heavy atom. The van der Waals surface area contributed by atoms with Gasteiger partial charge in [-0.3, -0.25) is 4.68 Å². The lowest BCUT2D eigenvalue weighted by Gasteiger charge is -2.12. The first-order chi connectivity index (χ1) is 8.10. The van der Waals surface area contributed by atoms with Crippen molar-refractivity contribution >= 4 is 15.9 Å². The fraction of sp³-hybridized carbons (Fsp3) is 0.750. The second-order valence-corrected chi connectivity index (χ2v) is 4.87. The maximum atomic E-state index is 5.47. The molecule has 1 aromatic rings. The highest BCUT2D eigenvalue weighted by Gasteiger charge is 2.12. The molecule has 1 unspecified atom stereocenters. The fourth-order valence-electron chi connectivity index (χ4n) is 1.75. The van der Waals surface area contributed by atoms with Crippen molar-refractivity contribution < 1.29 is 4.74 Å². The molecule has 1 atom stereocenters. The van der Waals surface area contributed by atoms with E-state index in [4.69, 9.17) is 4.74 Å². The standard InChI is InChI=1S/C12H22BrN3O/c1-5-10-12(13)11(16(4)15-10)8-14-7-9(3)17-6-2/h9,14H,5-8H2,1-4H3. The van der Waals surface area contributed by atoms with E-state index in [1.54, 1.807) is 0 Å². The highest BCUT2D eigenvalue weighted by Crippen LogP contribution is 2.21. The van der Waals surface area contributed by atoms with Crippen molar-refractivity contribution in [2.45, 2.75) is 39.8 Å². The zero-order chi connectivity index (χ0) is 12.8. The number of nitrogens with zero attached hydrogens (tertiary/aromatic N) is 2. The van der Waals surface area contributed by atoms with Gasteiger partial charge >= 0.3 is 0 Å². The monoisotopic (exact) mass is 303 g/mol. The molecule has 0 spiro atoms. The first-order valence-corrected chi connectivity index (χ1v) is 6.91. The van der Waals surface area contributed by atoms with Gasteiger partial charge in [0.2, 0.25) is 0 Å². The van der Waals surface area contributed by atoms with E-state index in [0.717, 1.165) is 36.3 Å². The largest absolute Gasteiger partial charge is 0.377 e. The molecule has 0 fully saturated rings. The van der Waals surface area contributed by atoms with Gasteiger partial charge in [0.1, 0.15) is 0 Å². The zero-order valence-electron chi connectivity index (χ0n) is 11.1. The Morgan fingerprint density at radius 2 is 2.18 bits per heavy atom. The topological polar surface area (TPSA) is 39.1 Å². The molecule has 0 aromatic carbocycles. The first kappa shape index (κ1) is 14.7. The van der Waals surface area contributed by atoms with Crippen LogP contribution in [0.5, 0.6) is 0 Å². The molecule has 0 bridgehead atoms. The smallest absolute Gasteiger partial charge is 0.0767 e. The van der Waals surface area contributed by atoms with E-state index in [2.05, 4.69) is 40.2 Å². The number of halogens is 1. The highest BCUT2D eigenvalue weighted by molar-refractivity contribution is 9.10. The molecule has 0 radical (unpaired) electrons. The number of aryl methyl sites for hydroxylation is 2. The molecule has 4 nitrogen and oxygen atoms in total. The van der Waals surface area contributed by atoms with Gasteiger partial charge in [0.05, 0.1) is 22.0 Å². The number of aromatic nitrogens is 2. The number of nitrogens with one attached hydrogen (secondary N) is 1. The van der Waals surface area contributed by atoms with Crippen LogP contribution in [0.3, 0.4) is 0 Å². The average molecular weight is 304 g/mol. The molecule has 0 aliphatic rings. The average Bonchev–Trinajstić information content (AvgIpc) is 2.56. The Balaban J connectivity index is 2.49. The summed E-state index contributed by atoms with van der Waals surface area (Å²) in [5.41, 5.74) is 2.30. The van der Waals surface area contributed by atoms with E-state index in [-0.39, 0.29) is 6.10 Å². The number of hydrogen-bond acceptors (Lipinski definition) is 3. The Morgan fingerprint density at radius 3 is 2.71 bits per heavy atom. The minimum absolute atomic E-state index is 0.248. The summed E-state index contributed by atoms with van der Waals surface area (Å²) < 4.78 is 8.53. The Kier molecular flexibility index (Phi) is 6.16. The normalized spacial score (nSPS) is 13.0. The maximum absolute atomic E-state index is 5.47. The molecular weight excluding hydrogens is 282 g/mol. The summed E-state index contributed by atoms with van der Waals surface area (Å²) in [5, 5.41) is 7.85. The van der Waals surface area contributed by atoms with Crippen LogP contribution >= 0.6 is 15.9 Å². The van der Waals surface area contributed by atoms with Crippen molar-refractivity contribution in [2.24, 2.45) is 7.05 Å². The summed E-state index contributed by atoms with van der Waals surface area (Å²) in [7, 11) is 1.98. The summed E-state index contributed by atoms with van der Waals surface area (Å²) in [4.78, 5) is 0. The lowest BCUT2D eigenvalue weighted by atomic mass is 10.3. The molecule has 0 amide bonds. The van der Waals surface area contributed by atoms with Gasteiger partial charge in [0.15, 0.2) is 0 Å². The van der Waals surface area contributed by atoms with Gasteiger partial charge in [-0.05, 0) is 36.2 Å². The van der Waals surface area contributed by atoms with Gasteiger partial charge < -0.3 is 10.1 Å². The maximum Gasteiger partial charge on any atom is 0.0767 e. The molecule has 0 aliphatic carbocycles. The van der Waals surface area contributed by atoms with Crippen LogP contribution in [0.25, 0.3) is 0 Å². The summed E-state index contributed by atoms with van der Waals surface area (Å²) >= 11 is 3.61. The van der Waals surface area contributed by atoms with Crippen molar-refractivity contribution in [1.82, 2.24) is 15.1 Å². The van der Waals surface area contributed by atoms with Crippen molar-refractivity contribution in [1.29, 1.82) is 0 Å². The molecule has 17 heavy (non-hydrogen) atoms. The van der Waals surface area contributed by atoms with E-state index >= 15 is 0 Å². The highest BCUT2D eigenvalue weighted by atomic mass is 79.9. The minimum atomic E-state index is 0.248. The van der Waals surface area contributed by atoms with Crippen molar-refractivity contribution in [3.63, 3.8) is 0 Å². The fourth-order valence-corrected chi connectivity index (χ4v) is 2.51. The summed E-state index contributed by atoms with van der Waals surface area (Å²) in [6.07, 6.45) is 1.20. The lowest BCUT2D eigenvalue weighted by molar-refractivity contribution is 0.0758. The SMILES string of the molecule is CCOC(C)CNCc1c(Br)c(CC)nn1C. The Hall–Kier alpha value is -0.390. The Labute approximate surface area is 112 Å². The van der Waals surface area contributed by atoms with Crippen molar-refractivity contribution in [3.8, 4) is 0 Å². The van der Waals surface area contributed by atoms with E-state index < -0.39 is 0 Å². The predicted octanol–water partition coefficient (Wildman–Crippen LogP) is 2.26. The molecule has 1 heterocycles. The van der Waals surface area contributed by atoms with Gasteiger partial charge in [-0.2, -0.15) is 5.10 Å². The summed E-state index contributed by atoms with van der Waals surface area (Å²) in [6.45, 7) is 8.63. The van der Waals surface area contributed by atoms with E-state index in [1.165, 1.54) is 5.69 Å². The minimum Gasteiger partial charge on any atom is -0.377 e. The molecule has 0 saturated carbocycles. The quantitative estimate of drug-likeness (QED) is 0.840. The summed E-state index contributed by atoms with van der Waals surface area (Å²) in [6, 6.07) is 0. The zero-order valence-corrected chi connectivity index (χ0v) is 12.7. The second kappa shape index (κ2) is 7.13.